The van der Waals surface area contributed by atoms with E-state index in [1.54, 1.807) is 6.07 Å². The predicted molar refractivity (Wildman–Crippen MR) is 227 cm³/mol. The molecule has 0 spiro atoms. The van der Waals surface area contributed by atoms with Crippen LogP contribution in [-0.2, 0) is 28.8 Å². The van der Waals surface area contributed by atoms with Crippen molar-refractivity contribution in [3.05, 3.63) is 142 Å². The van der Waals surface area contributed by atoms with E-state index in [0.717, 1.165) is 35.0 Å². The Bertz CT molecular complexity index is 2120. The third-order valence-corrected chi connectivity index (χ3v) is 15.0. The number of H-pyrrole nitrogens is 1. The molecule has 0 bridgehead atoms. The van der Waals surface area contributed by atoms with Crippen LogP contribution in [0.2, 0.25) is 18.1 Å². The Morgan fingerprint density at radius 3 is 2.21 bits per heavy atom. The number of pyridine rings is 1. The molecule has 0 saturated carbocycles. The maximum atomic E-state index is 12.7. The highest BCUT2D eigenvalue weighted by atomic mass is 28.4. The van der Waals surface area contributed by atoms with Crippen LogP contribution in [0.4, 0.5) is 10.5 Å². The van der Waals surface area contributed by atoms with Crippen LogP contribution >= 0.6 is 0 Å². The number of hydrogen-bond acceptors (Lipinski definition) is 6. The van der Waals surface area contributed by atoms with Gasteiger partial charge in [0.25, 0.3) is 0 Å². The van der Waals surface area contributed by atoms with Gasteiger partial charge in [0.2, 0.25) is 11.5 Å². The van der Waals surface area contributed by atoms with Crippen LogP contribution in [0.5, 0.6) is 5.75 Å². The summed E-state index contributed by atoms with van der Waals surface area (Å²) in [5.41, 5.74) is 5.46. The number of anilines is 1. The molecule has 3 N–H and O–H groups in total. The van der Waals surface area contributed by atoms with Crippen LogP contribution in [0.1, 0.15) is 62.0 Å². The lowest BCUT2D eigenvalue weighted by Gasteiger charge is -2.41. The van der Waals surface area contributed by atoms with Gasteiger partial charge in [-0.05, 0) is 77.5 Å². The van der Waals surface area contributed by atoms with E-state index in [0.29, 0.717) is 49.6 Å². The van der Waals surface area contributed by atoms with Crippen molar-refractivity contribution in [1.29, 1.82) is 0 Å². The zero-order chi connectivity index (χ0) is 40.3. The van der Waals surface area contributed by atoms with Crippen molar-refractivity contribution >= 4 is 36.9 Å². The van der Waals surface area contributed by atoms with Crippen LogP contribution in [0, 0.1) is 0 Å². The minimum atomic E-state index is -2.31. The van der Waals surface area contributed by atoms with Crippen molar-refractivity contribution in [3.8, 4) is 5.75 Å². The molecule has 0 aliphatic heterocycles. The number of aromatic amines is 1. The molecule has 1 atom stereocenters. The summed E-state index contributed by atoms with van der Waals surface area (Å²) in [6, 6.07) is 35.8. The van der Waals surface area contributed by atoms with E-state index in [1.807, 2.05) is 66.7 Å². The third kappa shape index (κ3) is 11.9. The van der Waals surface area contributed by atoms with Crippen molar-refractivity contribution in [3.63, 3.8) is 0 Å². The standard InChI is InChI=1S/C45H56N4O6Si/c1-45(2,3)56(5,6)55-40(37-22-24-39(43-38(37)23-25-42(51)47-43)54-32-35-17-11-8-12-18-35)31-49(30-34-15-9-7-10-16-34)28-26-33-19-13-20-36(29-33)46-41(50)21-14-27-48(4)44(52)53/h7-13,15-20,22-25,29,40H,14,21,26-28,30-32H2,1-6H3,(H,46,50)(H,47,51)(H,52,53)/t40-/m0/s1. The van der Waals surface area contributed by atoms with Crippen LogP contribution in [0.25, 0.3) is 10.9 Å². The Labute approximate surface area is 331 Å². The Morgan fingerprint density at radius 2 is 1.54 bits per heavy atom. The summed E-state index contributed by atoms with van der Waals surface area (Å²) >= 11 is 0. The molecule has 296 valence electrons. The van der Waals surface area contributed by atoms with E-state index < -0.39 is 14.4 Å². The number of benzene rings is 4. The fourth-order valence-electron chi connectivity index (χ4n) is 6.31. The van der Waals surface area contributed by atoms with Crippen LogP contribution in [0.15, 0.2) is 114 Å². The van der Waals surface area contributed by atoms with E-state index in [2.05, 4.69) is 85.5 Å². The van der Waals surface area contributed by atoms with Gasteiger partial charge in [0, 0.05) is 56.8 Å². The van der Waals surface area contributed by atoms with Crippen LogP contribution in [-0.4, -0.2) is 66.9 Å². The Kier molecular flexibility index (Phi) is 14.3. The summed E-state index contributed by atoms with van der Waals surface area (Å²) in [4.78, 5) is 43.2. The summed E-state index contributed by atoms with van der Waals surface area (Å²) in [7, 11) is -0.819. The van der Waals surface area contributed by atoms with Gasteiger partial charge in [-0.2, -0.15) is 0 Å². The number of amides is 2. The van der Waals surface area contributed by atoms with E-state index >= 15 is 0 Å². The summed E-state index contributed by atoms with van der Waals surface area (Å²) in [6.45, 7) is 14.0. The van der Waals surface area contributed by atoms with E-state index in [-0.39, 0.29) is 29.0 Å². The van der Waals surface area contributed by atoms with Gasteiger partial charge >= 0.3 is 6.09 Å². The second-order valence-corrected chi connectivity index (χ2v) is 20.7. The first-order valence-corrected chi connectivity index (χ1v) is 22.2. The maximum Gasteiger partial charge on any atom is 0.407 e. The number of aromatic nitrogens is 1. The van der Waals surface area contributed by atoms with E-state index in [9.17, 15) is 14.4 Å². The normalized spacial score (nSPS) is 12.4. The molecule has 0 unspecified atom stereocenters. The number of hydrogen-bond donors (Lipinski definition) is 3. The number of ether oxygens (including phenoxy) is 1. The first-order valence-electron chi connectivity index (χ1n) is 19.3. The lowest BCUT2D eigenvalue weighted by atomic mass is 10.0. The smallest absolute Gasteiger partial charge is 0.407 e. The molecule has 1 heterocycles. The number of carbonyl (C=O) groups excluding carboxylic acids is 1. The molecule has 0 aliphatic carbocycles. The molecule has 0 fully saturated rings. The van der Waals surface area contributed by atoms with Crippen molar-refractivity contribution in [2.75, 3.05) is 32.0 Å². The monoisotopic (exact) mass is 776 g/mol. The largest absolute Gasteiger partial charge is 0.487 e. The molecule has 11 heteroatoms. The maximum absolute atomic E-state index is 12.7. The number of carboxylic acid groups (broad SMARTS) is 1. The average molecular weight is 777 g/mol. The molecule has 0 saturated heterocycles. The minimum absolute atomic E-state index is 0.0462. The Balaban J connectivity index is 1.42. The highest BCUT2D eigenvalue weighted by molar-refractivity contribution is 6.74. The average Bonchev–Trinajstić information content (AvgIpc) is 3.16. The summed E-state index contributed by atoms with van der Waals surface area (Å²) < 4.78 is 13.6. The van der Waals surface area contributed by atoms with Crippen molar-refractivity contribution < 1.29 is 23.9 Å². The lowest BCUT2D eigenvalue weighted by molar-refractivity contribution is -0.116. The molecule has 56 heavy (non-hydrogen) atoms. The summed E-state index contributed by atoms with van der Waals surface area (Å²) in [5.74, 6) is 0.458. The Morgan fingerprint density at radius 1 is 0.857 bits per heavy atom. The molecule has 1 aromatic heterocycles. The lowest BCUT2D eigenvalue weighted by Crippen LogP contribution is -2.44. The molecule has 5 aromatic rings. The zero-order valence-electron chi connectivity index (χ0n) is 33.5. The van der Waals surface area contributed by atoms with Gasteiger partial charge in [0.1, 0.15) is 12.4 Å². The van der Waals surface area contributed by atoms with Gasteiger partial charge < -0.3 is 29.5 Å². The molecule has 0 aliphatic rings. The zero-order valence-corrected chi connectivity index (χ0v) is 34.5. The summed E-state index contributed by atoms with van der Waals surface area (Å²) in [6.07, 6.45) is 0.0689. The van der Waals surface area contributed by atoms with E-state index in [4.69, 9.17) is 14.3 Å². The summed E-state index contributed by atoms with van der Waals surface area (Å²) in [5, 5.41) is 12.9. The van der Waals surface area contributed by atoms with Crippen molar-refractivity contribution in [1.82, 2.24) is 14.8 Å². The van der Waals surface area contributed by atoms with Crippen LogP contribution in [0.3, 0.4) is 0 Å². The van der Waals surface area contributed by atoms with Gasteiger partial charge in [-0.1, -0.05) is 99.6 Å². The molecule has 10 nitrogen and oxygen atoms in total. The molecule has 0 radical (unpaired) electrons. The topological polar surface area (TPSA) is 124 Å². The molecular weight excluding hydrogens is 721 g/mol. The number of fused-ring (bicyclic) bond motifs is 1. The van der Waals surface area contributed by atoms with Crippen LogP contribution < -0.4 is 15.6 Å². The van der Waals surface area contributed by atoms with Gasteiger partial charge in [-0.3, -0.25) is 14.5 Å². The van der Waals surface area contributed by atoms with E-state index in [1.165, 1.54) is 17.5 Å². The molecule has 2 amide bonds. The molecular formula is C45H56N4O6Si. The SMILES string of the molecule is CN(CCCC(=O)Nc1cccc(CCN(Cc2ccccc2)C[C@H](O[Si](C)(C)C(C)(C)C)c2ccc(OCc3ccccc3)c3[nH]c(=O)ccc23)c1)C(=O)O. The predicted octanol–water partition coefficient (Wildman–Crippen LogP) is 9.24. The van der Waals surface area contributed by atoms with Crippen molar-refractivity contribution in [2.24, 2.45) is 0 Å². The number of rotatable bonds is 18. The first kappa shape index (κ1) is 41.9. The third-order valence-electron chi connectivity index (χ3n) is 10.5. The van der Waals surface area contributed by atoms with Gasteiger partial charge in [0.05, 0.1) is 11.6 Å². The quantitative estimate of drug-likeness (QED) is 0.0759. The molecule has 5 rings (SSSR count). The minimum Gasteiger partial charge on any atom is -0.487 e. The highest BCUT2D eigenvalue weighted by Gasteiger charge is 2.40. The highest BCUT2D eigenvalue weighted by Crippen LogP contribution is 2.42. The second-order valence-electron chi connectivity index (χ2n) is 15.9. The number of nitrogens with one attached hydrogen (secondary N) is 2. The first-order chi connectivity index (χ1) is 26.7. The fraction of sp³-hybridized carbons (Fsp3) is 0.356. The van der Waals surface area contributed by atoms with Gasteiger partial charge in [-0.25, -0.2) is 4.79 Å². The van der Waals surface area contributed by atoms with Crippen molar-refractivity contribution in [2.45, 2.75) is 77.4 Å². The fourth-order valence-corrected chi connectivity index (χ4v) is 7.58. The van der Waals surface area contributed by atoms with Gasteiger partial charge in [0.15, 0.2) is 8.32 Å². The number of nitrogens with zero attached hydrogens (tertiary/aromatic N) is 2. The number of carbonyl (C=O) groups is 2. The van der Waals surface area contributed by atoms with Gasteiger partial charge in [-0.15, -0.1) is 0 Å². The second kappa shape index (κ2) is 19.1. The Hall–Kier alpha value is -5.23. The molecule has 4 aromatic carbocycles.